The van der Waals surface area contributed by atoms with Gasteiger partial charge in [-0.1, -0.05) is 92.8 Å². The first-order chi connectivity index (χ1) is 14.5. The van der Waals surface area contributed by atoms with Gasteiger partial charge >= 0.3 is 5.97 Å². The zero-order chi connectivity index (χ0) is 22.9. The number of thioether (sulfide) groups is 1. The summed E-state index contributed by atoms with van der Waals surface area (Å²) in [4.78, 5) is 27.5. The lowest BCUT2D eigenvalue weighted by Gasteiger charge is -2.52. The predicted octanol–water partition coefficient (Wildman–Crippen LogP) is 5.34. The highest BCUT2D eigenvalue weighted by molar-refractivity contribution is 14.1. The maximum absolute atomic E-state index is 12.9. The molecule has 2 aliphatic rings. The number of fused-ring (bicyclic) bond motifs is 1. The lowest BCUT2D eigenvalue weighted by atomic mass is 9.98. The van der Waals surface area contributed by atoms with Crippen molar-refractivity contribution >= 4 is 121 Å². The van der Waals surface area contributed by atoms with Gasteiger partial charge in [-0.15, -0.1) is 11.8 Å². The predicted molar refractivity (Wildman–Crippen MR) is 140 cm³/mol. The van der Waals surface area contributed by atoms with Crippen molar-refractivity contribution in [2.45, 2.75) is 27.7 Å². The Labute approximate surface area is 227 Å². The Balaban J connectivity index is 1.69. The molecule has 1 aromatic rings. The zero-order valence-electron chi connectivity index (χ0n) is 15.4. The number of benzene rings is 1. The van der Waals surface area contributed by atoms with Crippen LogP contribution in [-0.4, -0.2) is 54.0 Å². The van der Waals surface area contributed by atoms with Crippen LogP contribution in [0.3, 0.4) is 0 Å². The van der Waals surface area contributed by atoms with E-state index >= 15 is 0 Å². The Morgan fingerprint density at radius 1 is 1.32 bits per heavy atom. The maximum Gasteiger partial charge on any atom is 0.333 e. The van der Waals surface area contributed by atoms with E-state index in [-0.39, 0.29) is 11.3 Å². The molecule has 1 fully saturated rings. The monoisotopic (exact) mass is 672 g/mol. The van der Waals surface area contributed by atoms with E-state index in [1.807, 2.05) is 5.41 Å². The molecule has 0 radical (unpaired) electrons. The minimum atomic E-state index is -1.73. The number of carbonyl (C=O) groups is 2. The largest absolute Gasteiger partial charge is 0.459 e. The van der Waals surface area contributed by atoms with Crippen molar-refractivity contribution in [2.24, 2.45) is 0 Å². The molecule has 31 heavy (non-hydrogen) atoms. The molecule has 2 heterocycles. The van der Waals surface area contributed by atoms with Crippen LogP contribution >= 0.6 is 105 Å². The fourth-order valence-corrected chi connectivity index (χ4v) is 6.10. The first-order valence-electron chi connectivity index (χ1n) is 8.71. The normalized spacial score (nSPS) is 22.9. The van der Waals surface area contributed by atoms with Crippen LogP contribution in [0.15, 0.2) is 29.2 Å². The number of halogens is 6. The topological polar surface area (TPSA) is 58.6 Å². The smallest absolute Gasteiger partial charge is 0.333 e. The Kier molecular flexibility index (Phi) is 8.96. The van der Waals surface area contributed by atoms with Crippen molar-refractivity contribution in [2.75, 3.05) is 11.0 Å². The molecule has 13 heteroatoms. The highest BCUT2D eigenvalue weighted by Gasteiger charge is 2.55. The highest BCUT2D eigenvalue weighted by atomic mass is 127. The molecule has 5 nitrogen and oxygen atoms in total. The van der Waals surface area contributed by atoms with Gasteiger partial charge in [0.2, 0.25) is 9.70 Å². The first-order valence-corrected chi connectivity index (χ1v) is 13.5. The summed E-state index contributed by atoms with van der Waals surface area (Å²) in [6.07, 6.45) is 0.333. The number of alkyl halides is 4. The lowest BCUT2D eigenvalue weighted by Crippen LogP contribution is -2.74. The molecule has 3 rings (SSSR count). The van der Waals surface area contributed by atoms with Gasteiger partial charge in [0.1, 0.15) is 18.0 Å². The van der Waals surface area contributed by atoms with Gasteiger partial charge in [-0.3, -0.25) is 4.79 Å². The Bertz CT molecular complexity index is 943. The molecule has 2 unspecified atom stereocenters. The van der Waals surface area contributed by atoms with Crippen molar-refractivity contribution in [3.8, 4) is 0 Å². The highest BCUT2D eigenvalue weighted by Crippen LogP contribution is 2.41. The summed E-state index contributed by atoms with van der Waals surface area (Å²) in [5.41, 5.74) is 1.50. The Hall–Kier alpha value is 0.320. The number of nitrogens with zero attached hydrogens (tertiary/aromatic N) is 1. The molecule has 168 valence electrons. The number of thiocarbonyl (C=S) groups is 1. The van der Waals surface area contributed by atoms with Crippen molar-refractivity contribution in [3.05, 3.63) is 44.8 Å². The number of β-lactam (4-membered cyclic amide) rings is 1. The third-order valence-electron chi connectivity index (χ3n) is 4.50. The van der Waals surface area contributed by atoms with E-state index in [1.54, 1.807) is 18.2 Å². The second-order valence-electron chi connectivity index (χ2n) is 6.68. The van der Waals surface area contributed by atoms with Crippen LogP contribution in [0.1, 0.15) is 5.56 Å². The number of carbonyl (C=O) groups excluding carboxylic acids is 2. The van der Waals surface area contributed by atoms with Crippen LogP contribution in [0.5, 0.6) is 0 Å². The van der Waals surface area contributed by atoms with Crippen LogP contribution < -0.4 is 5.32 Å². The van der Waals surface area contributed by atoms with Gasteiger partial charge < -0.3 is 15.0 Å². The van der Waals surface area contributed by atoms with E-state index in [0.717, 1.165) is 11.1 Å². The van der Waals surface area contributed by atoms with E-state index in [2.05, 4.69) is 27.9 Å². The molecule has 0 aromatic heterocycles. The van der Waals surface area contributed by atoms with Gasteiger partial charge in [0.25, 0.3) is 0 Å². The summed E-state index contributed by atoms with van der Waals surface area (Å²) in [6, 6.07) is 3.67. The van der Waals surface area contributed by atoms with Gasteiger partial charge in [0.15, 0.2) is 6.04 Å². The van der Waals surface area contributed by atoms with Crippen LogP contribution in [0.2, 0.25) is 10.0 Å². The SMILES string of the molecule is O=C(OCC(Cl)(Cl)Cl)C1C(CI)=CS[C@H]2C(NC(=S)Cc3cc(Cl)ccc3Cl)C(=O)N12. The number of esters is 1. The van der Waals surface area contributed by atoms with E-state index in [9.17, 15) is 9.59 Å². The summed E-state index contributed by atoms with van der Waals surface area (Å²) in [5.74, 6) is -0.900. The van der Waals surface area contributed by atoms with E-state index in [0.29, 0.717) is 25.9 Å². The number of rotatable bonds is 6. The summed E-state index contributed by atoms with van der Waals surface area (Å²) in [5, 5.41) is 5.71. The minimum absolute atomic E-state index is 0.261. The number of nitrogens with one attached hydrogen (secondary N) is 1. The molecule has 1 amide bonds. The van der Waals surface area contributed by atoms with Gasteiger partial charge in [-0.25, -0.2) is 4.79 Å². The number of hydrogen-bond acceptors (Lipinski definition) is 5. The van der Waals surface area contributed by atoms with Crippen LogP contribution in [0.4, 0.5) is 0 Å². The summed E-state index contributed by atoms with van der Waals surface area (Å²) in [6.45, 7) is -0.409. The lowest BCUT2D eigenvalue weighted by molar-refractivity contribution is -0.161. The van der Waals surface area contributed by atoms with Crippen LogP contribution in [0, 0.1) is 0 Å². The fourth-order valence-electron chi connectivity index (χ4n) is 3.12. The molecule has 3 atom stereocenters. The summed E-state index contributed by atoms with van der Waals surface area (Å²) < 4.78 is 3.95. The third kappa shape index (κ3) is 6.26. The molecule has 1 saturated heterocycles. The second kappa shape index (κ2) is 10.7. The average molecular weight is 675 g/mol. The minimum Gasteiger partial charge on any atom is -0.459 e. The molecule has 2 aliphatic heterocycles. The Morgan fingerprint density at radius 2 is 2.03 bits per heavy atom. The number of amides is 1. The van der Waals surface area contributed by atoms with Crippen molar-refractivity contribution < 1.29 is 14.3 Å². The number of hydrogen-bond donors (Lipinski definition) is 1. The van der Waals surface area contributed by atoms with E-state index in [1.165, 1.54) is 16.7 Å². The molecular formula is C18H14Cl5IN2O3S2. The molecule has 0 aliphatic carbocycles. The quantitative estimate of drug-likeness (QED) is 0.145. The molecule has 1 aromatic carbocycles. The van der Waals surface area contributed by atoms with Crippen molar-refractivity contribution in [3.63, 3.8) is 0 Å². The van der Waals surface area contributed by atoms with Gasteiger partial charge in [-0.05, 0) is 34.7 Å². The zero-order valence-corrected chi connectivity index (χ0v) is 23.0. The molecule has 0 spiro atoms. The molecular weight excluding hydrogens is 661 g/mol. The maximum atomic E-state index is 12.9. The molecule has 1 N–H and O–H groups in total. The number of ether oxygens (including phenoxy) is 1. The van der Waals surface area contributed by atoms with Crippen LogP contribution in [-0.2, 0) is 20.7 Å². The standard InChI is InChI=1S/C18H14Cl5IN2O3S2/c19-10-1-2-11(20)8(3-10)4-12(30)25-13-15(27)26-14(9(5-24)6-31-16(13)26)17(28)29-7-18(21,22)23/h1-3,6,13-14,16H,4-5,7H2,(H,25,30)/t13?,14?,16-/m0/s1. The van der Waals surface area contributed by atoms with Gasteiger partial charge in [0.05, 0.1) is 4.99 Å². The van der Waals surface area contributed by atoms with Gasteiger partial charge in [0, 0.05) is 20.9 Å². The van der Waals surface area contributed by atoms with Crippen molar-refractivity contribution in [1.82, 2.24) is 10.2 Å². The third-order valence-corrected chi connectivity index (χ3v) is 7.79. The van der Waals surface area contributed by atoms with Crippen LogP contribution in [0.25, 0.3) is 0 Å². The molecule has 0 saturated carbocycles. The average Bonchev–Trinajstić information content (AvgIpc) is 2.71. The van der Waals surface area contributed by atoms with Gasteiger partial charge in [-0.2, -0.15) is 0 Å². The fraction of sp³-hybridized carbons (Fsp3) is 0.389. The van der Waals surface area contributed by atoms with E-state index < -0.39 is 28.5 Å². The Morgan fingerprint density at radius 3 is 2.68 bits per heavy atom. The second-order valence-corrected chi connectivity index (χ2v) is 12.3. The molecule has 0 bridgehead atoms. The van der Waals surface area contributed by atoms with Crippen molar-refractivity contribution in [1.29, 1.82) is 0 Å². The first kappa shape index (κ1) is 25.9. The summed E-state index contributed by atoms with van der Waals surface area (Å²) >= 11 is 38.2. The van der Waals surface area contributed by atoms with E-state index in [4.69, 9.17) is 75.0 Å². The summed E-state index contributed by atoms with van der Waals surface area (Å²) in [7, 11) is 0.